The lowest BCUT2D eigenvalue weighted by Gasteiger charge is -2.61. The number of hydrogen-bond acceptors (Lipinski definition) is 4. The van der Waals surface area contributed by atoms with Crippen LogP contribution in [0.3, 0.4) is 0 Å². The third-order valence-corrected chi connectivity index (χ3v) is 13.1. The van der Waals surface area contributed by atoms with Crippen LogP contribution in [0.1, 0.15) is 91.4 Å². The molecule has 0 N–H and O–H groups in total. The molecule has 0 aromatic rings. The highest BCUT2D eigenvalue weighted by molar-refractivity contribution is 5.66. The third-order valence-electron chi connectivity index (χ3n) is 13.1. The summed E-state index contributed by atoms with van der Waals surface area (Å²) in [6.45, 7) is 13.3. The van der Waals surface area contributed by atoms with Crippen molar-refractivity contribution < 1.29 is 18.8 Å². The maximum atomic E-state index is 12.4. The predicted molar refractivity (Wildman–Crippen MR) is 142 cm³/mol. The monoisotopic (exact) mass is 501 g/mol. The van der Waals surface area contributed by atoms with Crippen LogP contribution in [0.2, 0.25) is 0 Å². The second kappa shape index (κ2) is 9.52. The van der Waals surface area contributed by atoms with Crippen LogP contribution in [0, 0.1) is 34.5 Å². The molecule has 0 amide bonds. The molecule has 9 atom stereocenters. The van der Waals surface area contributed by atoms with E-state index in [0.29, 0.717) is 17.4 Å². The van der Waals surface area contributed by atoms with Gasteiger partial charge in [-0.15, -0.1) is 0 Å². The highest BCUT2D eigenvalue weighted by Crippen LogP contribution is 2.67. The third kappa shape index (κ3) is 4.09. The van der Waals surface area contributed by atoms with Gasteiger partial charge in [-0.1, -0.05) is 20.3 Å². The molecule has 5 heteroatoms. The molecule has 204 valence electrons. The fourth-order valence-electron chi connectivity index (χ4n) is 10.9. The molecule has 0 aromatic heterocycles. The van der Waals surface area contributed by atoms with Crippen LogP contribution >= 0.6 is 0 Å². The number of morpholine rings is 1. The predicted octanol–water partition coefficient (Wildman–Crippen LogP) is 5.27. The fraction of sp³-hybridized carbons (Fsp3) is 0.968. The van der Waals surface area contributed by atoms with Crippen molar-refractivity contribution >= 4 is 5.97 Å². The molecule has 6 fully saturated rings. The van der Waals surface area contributed by atoms with Crippen LogP contribution in [-0.4, -0.2) is 80.0 Å². The maximum Gasteiger partial charge on any atom is 0.303 e. The van der Waals surface area contributed by atoms with Gasteiger partial charge in [0.1, 0.15) is 19.1 Å². The van der Waals surface area contributed by atoms with Gasteiger partial charge in [-0.05, 0) is 100.0 Å². The van der Waals surface area contributed by atoms with Crippen LogP contribution < -0.4 is 0 Å². The Balaban J connectivity index is 1.23. The van der Waals surface area contributed by atoms with Crippen molar-refractivity contribution in [2.75, 3.05) is 46.4 Å². The molecule has 36 heavy (non-hydrogen) atoms. The van der Waals surface area contributed by atoms with Crippen LogP contribution in [0.4, 0.5) is 0 Å². The van der Waals surface area contributed by atoms with Gasteiger partial charge >= 0.3 is 5.97 Å². The van der Waals surface area contributed by atoms with Crippen molar-refractivity contribution in [3.05, 3.63) is 0 Å². The average molecular weight is 502 g/mol. The summed E-state index contributed by atoms with van der Waals surface area (Å²) < 4.78 is 13.1. The van der Waals surface area contributed by atoms with Gasteiger partial charge in [-0.25, -0.2) is 0 Å². The van der Waals surface area contributed by atoms with E-state index in [0.717, 1.165) is 54.6 Å². The van der Waals surface area contributed by atoms with E-state index in [4.69, 9.17) is 9.47 Å². The molecule has 2 saturated heterocycles. The van der Waals surface area contributed by atoms with Crippen molar-refractivity contribution in [3.63, 3.8) is 0 Å². The number of nitrogens with zero attached hydrogens (tertiary/aromatic N) is 2. The van der Waals surface area contributed by atoms with Gasteiger partial charge in [0.15, 0.2) is 6.10 Å². The number of ether oxygens (including phenoxy) is 2. The van der Waals surface area contributed by atoms with Crippen LogP contribution in [0.5, 0.6) is 0 Å². The molecule has 0 radical (unpaired) electrons. The zero-order chi connectivity index (χ0) is 25.1. The van der Waals surface area contributed by atoms with Gasteiger partial charge in [0.25, 0.3) is 0 Å². The number of likely N-dealkylation sites (N-methyl/N-ethyl adjacent to an activating group) is 1. The summed E-state index contributed by atoms with van der Waals surface area (Å²) in [4.78, 5) is 15.2. The molecule has 0 spiro atoms. The topological polar surface area (TPSA) is 38.8 Å². The molecule has 2 heterocycles. The van der Waals surface area contributed by atoms with E-state index in [2.05, 4.69) is 25.8 Å². The number of likely N-dealkylation sites (tertiary alicyclic amines) is 1. The van der Waals surface area contributed by atoms with Crippen molar-refractivity contribution in [1.29, 1.82) is 0 Å². The van der Waals surface area contributed by atoms with Gasteiger partial charge in [0.05, 0.1) is 20.3 Å². The lowest BCUT2D eigenvalue weighted by atomic mass is 9.45. The van der Waals surface area contributed by atoms with Crippen LogP contribution in [-0.2, 0) is 14.3 Å². The zero-order valence-corrected chi connectivity index (χ0v) is 23.7. The number of carbonyl (C=O) groups is 1. The van der Waals surface area contributed by atoms with Gasteiger partial charge in [0.2, 0.25) is 0 Å². The highest BCUT2D eigenvalue weighted by Gasteiger charge is 2.66. The Labute approximate surface area is 220 Å². The number of fused-ring (bicyclic) bond motifs is 5. The first-order valence-electron chi connectivity index (χ1n) is 15.6. The number of carbonyl (C=O) groups excluding carboxylic acids is 1. The number of rotatable bonds is 3. The van der Waals surface area contributed by atoms with Gasteiger partial charge in [0, 0.05) is 24.8 Å². The number of esters is 1. The molecule has 2 aliphatic heterocycles. The van der Waals surface area contributed by atoms with Crippen molar-refractivity contribution in [1.82, 2.24) is 4.90 Å². The molecule has 4 saturated carbocycles. The second-order valence-electron chi connectivity index (χ2n) is 14.6. The first-order valence-corrected chi connectivity index (χ1v) is 15.6. The van der Waals surface area contributed by atoms with Crippen LogP contribution in [0.15, 0.2) is 0 Å². The molecule has 0 aromatic carbocycles. The number of quaternary nitrogens is 1. The molecule has 5 nitrogen and oxygen atoms in total. The summed E-state index contributed by atoms with van der Waals surface area (Å²) in [6.07, 6.45) is 15.3. The van der Waals surface area contributed by atoms with E-state index < -0.39 is 0 Å². The molecule has 4 unspecified atom stereocenters. The standard InChI is InChI=1S/C31H53N2O3/c1-22(34)36-29-28(33(4)16-18-35-19-17-33)21-27-25-9-8-23-20-24(32-14-6-5-7-15-32)10-12-30(23,2)26(25)11-13-31(27,29)3/h23-29H,5-21H2,1-4H3/q+1/t23?,24-,25?,26?,27?,28-,29-,30-,31-/m0/s1. The van der Waals surface area contributed by atoms with Crippen molar-refractivity contribution in [3.8, 4) is 0 Å². The maximum absolute atomic E-state index is 12.4. The van der Waals surface area contributed by atoms with Gasteiger partial charge in [-0.2, -0.15) is 0 Å². The van der Waals surface area contributed by atoms with Gasteiger partial charge in [-0.3, -0.25) is 4.79 Å². The average Bonchev–Trinajstić information content (AvgIpc) is 3.17. The Morgan fingerprint density at radius 3 is 2.36 bits per heavy atom. The Morgan fingerprint density at radius 1 is 0.917 bits per heavy atom. The molecular formula is C31H53N2O3+. The Bertz CT molecular complexity index is 821. The highest BCUT2D eigenvalue weighted by atomic mass is 16.5. The molecule has 4 aliphatic carbocycles. The fourth-order valence-corrected chi connectivity index (χ4v) is 10.9. The minimum absolute atomic E-state index is 0.0596. The molecular weight excluding hydrogens is 448 g/mol. The second-order valence-corrected chi connectivity index (χ2v) is 14.6. The zero-order valence-electron chi connectivity index (χ0n) is 23.7. The van der Waals surface area contributed by atoms with Crippen molar-refractivity contribution in [2.24, 2.45) is 34.5 Å². The lowest BCUT2D eigenvalue weighted by molar-refractivity contribution is -0.942. The summed E-state index contributed by atoms with van der Waals surface area (Å²) in [5, 5.41) is 0. The minimum atomic E-state index is -0.0828. The SMILES string of the molecule is CC(=O)O[C@H]1[C@@H]([N+]2(C)CCOCC2)CC2C3CCC4C[C@@H](N5CCCCC5)CC[C@]4(C)C3CC[C@@]21C. The molecule has 0 bridgehead atoms. The largest absolute Gasteiger partial charge is 0.456 e. The van der Waals surface area contributed by atoms with Gasteiger partial charge < -0.3 is 18.9 Å². The van der Waals surface area contributed by atoms with E-state index in [-0.39, 0.29) is 17.5 Å². The Morgan fingerprint density at radius 2 is 1.64 bits per heavy atom. The number of hydrogen-bond donors (Lipinski definition) is 0. The smallest absolute Gasteiger partial charge is 0.303 e. The quantitative estimate of drug-likeness (QED) is 0.390. The minimum Gasteiger partial charge on any atom is -0.456 e. The van der Waals surface area contributed by atoms with E-state index >= 15 is 0 Å². The lowest BCUT2D eigenvalue weighted by Crippen LogP contribution is -2.62. The summed E-state index contributed by atoms with van der Waals surface area (Å²) >= 11 is 0. The summed E-state index contributed by atoms with van der Waals surface area (Å²) in [5.41, 5.74) is 0.647. The summed E-state index contributed by atoms with van der Waals surface area (Å²) in [5.74, 6) is 3.20. The van der Waals surface area contributed by atoms with E-state index in [1.54, 1.807) is 6.92 Å². The van der Waals surface area contributed by atoms with E-state index in [1.807, 2.05) is 0 Å². The normalized spacial score (nSPS) is 48.9. The van der Waals surface area contributed by atoms with E-state index in [9.17, 15) is 4.79 Å². The first kappa shape index (κ1) is 25.6. The van der Waals surface area contributed by atoms with Crippen molar-refractivity contribution in [2.45, 2.75) is 110 Å². The first-order chi connectivity index (χ1) is 17.2. The van der Waals surface area contributed by atoms with E-state index in [1.165, 1.54) is 83.7 Å². The summed E-state index contributed by atoms with van der Waals surface area (Å²) in [7, 11) is 2.42. The molecule has 6 aliphatic rings. The molecule has 6 rings (SSSR count). The Hall–Kier alpha value is -0.650. The number of piperidine rings is 1. The summed E-state index contributed by atoms with van der Waals surface area (Å²) in [6, 6.07) is 1.27. The van der Waals surface area contributed by atoms with Crippen LogP contribution in [0.25, 0.3) is 0 Å². The Kier molecular flexibility index (Phi) is 6.77.